The fourth-order valence-electron chi connectivity index (χ4n) is 3.59. The Morgan fingerprint density at radius 2 is 2.10 bits per heavy atom. The first-order chi connectivity index (χ1) is 14.3. The molecule has 30 heavy (non-hydrogen) atoms. The SMILES string of the molecule is C[C@H](CN1CCc2nc(-c3ccc(F)c(F)c3)oc2C1)Cn1cc([N+](=O)[O-])nc1Cl. The fourth-order valence-corrected chi connectivity index (χ4v) is 3.79. The molecule has 158 valence electrons. The largest absolute Gasteiger partial charge is 0.440 e. The van der Waals surface area contributed by atoms with Crippen molar-refractivity contribution in [3.05, 3.63) is 62.9 Å². The van der Waals surface area contributed by atoms with Gasteiger partial charge < -0.3 is 14.5 Å². The molecule has 3 heterocycles. The molecule has 1 aromatic carbocycles. The quantitative estimate of drug-likeness (QED) is 0.426. The van der Waals surface area contributed by atoms with E-state index in [0.29, 0.717) is 37.4 Å². The van der Waals surface area contributed by atoms with E-state index < -0.39 is 16.6 Å². The van der Waals surface area contributed by atoms with Crippen LogP contribution in [0.4, 0.5) is 14.6 Å². The van der Waals surface area contributed by atoms with Crippen LogP contribution in [0, 0.1) is 27.7 Å². The summed E-state index contributed by atoms with van der Waals surface area (Å²) in [5.41, 5.74) is 1.20. The molecular weight excluding hydrogens is 420 g/mol. The van der Waals surface area contributed by atoms with Crippen molar-refractivity contribution in [3.63, 3.8) is 0 Å². The number of halogens is 3. The van der Waals surface area contributed by atoms with Crippen LogP contribution >= 0.6 is 11.6 Å². The van der Waals surface area contributed by atoms with Crippen LogP contribution < -0.4 is 0 Å². The number of imidazole rings is 1. The molecule has 0 spiro atoms. The summed E-state index contributed by atoms with van der Waals surface area (Å²) < 4.78 is 34.0. The molecule has 1 atom stereocenters. The Morgan fingerprint density at radius 3 is 2.80 bits per heavy atom. The lowest BCUT2D eigenvalue weighted by Crippen LogP contribution is -2.34. The van der Waals surface area contributed by atoms with Gasteiger partial charge in [-0.3, -0.25) is 9.47 Å². The van der Waals surface area contributed by atoms with Crippen LogP contribution in [0.15, 0.2) is 28.8 Å². The molecule has 4 rings (SSSR count). The molecule has 0 bridgehead atoms. The molecule has 0 radical (unpaired) electrons. The van der Waals surface area contributed by atoms with Crippen molar-refractivity contribution in [3.8, 4) is 11.5 Å². The Kier molecular flexibility index (Phi) is 5.52. The second-order valence-electron chi connectivity index (χ2n) is 7.39. The van der Waals surface area contributed by atoms with Gasteiger partial charge in [-0.1, -0.05) is 6.92 Å². The summed E-state index contributed by atoms with van der Waals surface area (Å²) in [6, 6.07) is 3.55. The summed E-state index contributed by atoms with van der Waals surface area (Å²) in [7, 11) is 0. The number of rotatable bonds is 6. The van der Waals surface area contributed by atoms with E-state index in [1.165, 1.54) is 12.3 Å². The van der Waals surface area contributed by atoms with Gasteiger partial charge in [-0.05, 0) is 45.6 Å². The van der Waals surface area contributed by atoms with E-state index in [1.54, 1.807) is 4.57 Å². The van der Waals surface area contributed by atoms with Crippen molar-refractivity contribution < 1.29 is 18.1 Å². The predicted octanol–water partition coefficient (Wildman–Crippen LogP) is 4.07. The van der Waals surface area contributed by atoms with Crippen LogP contribution in [0.2, 0.25) is 5.28 Å². The molecular formula is C19H18ClF2N5O3. The maximum Gasteiger partial charge on any atom is 0.383 e. The van der Waals surface area contributed by atoms with E-state index in [2.05, 4.69) is 14.9 Å². The molecule has 1 aliphatic heterocycles. The molecule has 11 heteroatoms. The monoisotopic (exact) mass is 437 g/mol. The standard InChI is InChI=1S/C19H18ClF2N5O3/c1-11(8-26-10-17(27(28)29)24-19(26)20)7-25-5-4-15-16(9-25)30-18(23-15)12-2-3-13(21)14(22)6-12/h2-3,6,10-11H,4-5,7-9H2,1H3/t11-/m1/s1. The summed E-state index contributed by atoms with van der Waals surface area (Å²) in [5.74, 6) is -1.03. The molecule has 2 aromatic heterocycles. The van der Waals surface area contributed by atoms with Gasteiger partial charge in [-0.25, -0.2) is 13.8 Å². The van der Waals surface area contributed by atoms with Gasteiger partial charge in [-0.15, -0.1) is 0 Å². The molecule has 8 nitrogen and oxygen atoms in total. The summed E-state index contributed by atoms with van der Waals surface area (Å²) in [5, 5.41) is 10.9. The number of aromatic nitrogens is 3. The third kappa shape index (κ3) is 4.19. The average molecular weight is 438 g/mol. The Labute approximate surface area is 175 Å². The highest BCUT2D eigenvalue weighted by Gasteiger charge is 2.25. The minimum absolute atomic E-state index is 0.0842. The van der Waals surface area contributed by atoms with Crippen LogP contribution in [-0.2, 0) is 19.5 Å². The molecule has 0 saturated carbocycles. The van der Waals surface area contributed by atoms with Crippen molar-refractivity contribution in [2.75, 3.05) is 13.1 Å². The number of benzene rings is 1. The highest BCUT2D eigenvalue weighted by molar-refractivity contribution is 6.28. The number of nitro groups is 1. The normalized spacial score (nSPS) is 15.2. The highest BCUT2D eigenvalue weighted by atomic mass is 35.5. The predicted molar refractivity (Wildman–Crippen MR) is 104 cm³/mol. The number of fused-ring (bicyclic) bond motifs is 1. The van der Waals surface area contributed by atoms with Crippen molar-refractivity contribution in [2.45, 2.75) is 26.4 Å². The first-order valence-electron chi connectivity index (χ1n) is 9.33. The minimum Gasteiger partial charge on any atom is -0.440 e. The average Bonchev–Trinajstić information content (AvgIpc) is 3.27. The highest BCUT2D eigenvalue weighted by Crippen LogP contribution is 2.28. The molecule has 1 aliphatic rings. The minimum atomic E-state index is -0.947. The third-order valence-corrected chi connectivity index (χ3v) is 5.26. The smallest absolute Gasteiger partial charge is 0.383 e. The van der Waals surface area contributed by atoms with Crippen LogP contribution in [0.3, 0.4) is 0 Å². The van der Waals surface area contributed by atoms with Gasteiger partial charge >= 0.3 is 11.1 Å². The lowest BCUT2D eigenvalue weighted by molar-refractivity contribution is -0.389. The van der Waals surface area contributed by atoms with Gasteiger partial charge in [0.2, 0.25) is 5.89 Å². The van der Waals surface area contributed by atoms with E-state index in [-0.39, 0.29) is 22.9 Å². The van der Waals surface area contributed by atoms with Gasteiger partial charge in [0.1, 0.15) is 12.0 Å². The Hall–Kier alpha value is -2.85. The second kappa shape index (κ2) is 8.11. The Bertz CT molecular complexity index is 1100. The number of hydrogen-bond donors (Lipinski definition) is 0. The number of hydrogen-bond acceptors (Lipinski definition) is 6. The summed E-state index contributed by atoms with van der Waals surface area (Å²) in [4.78, 5) is 20.6. The molecule has 0 saturated heterocycles. The molecule has 3 aromatic rings. The summed E-state index contributed by atoms with van der Waals surface area (Å²) in [6.07, 6.45) is 2.00. The van der Waals surface area contributed by atoms with Gasteiger partial charge in [-0.2, -0.15) is 0 Å². The Balaban J connectivity index is 1.41. The first-order valence-corrected chi connectivity index (χ1v) is 9.71. The summed E-state index contributed by atoms with van der Waals surface area (Å²) in [6.45, 7) is 4.51. The molecule has 0 amide bonds. The van der Waals surface area contributed by atoms with Gasteiger partial charge in [0.15, 0.2) is 11.6 Å². The molecule has 0 fully saturated rings. The lowest BCUT2D eigenvalue weighted by Gasteiger charge is -2.27. The van der Waals surface area contributed by atoms with E-state index in [4.69, 9.17) is 16.0 Å². The maximum atomic E-state index is 13.5. The van der Waals surface area contributed by atoms with E-state index in [0.717, 1.165) is 24.4 Å². The zero-order chi connectivity index (χ0) is 21.4. The van der Waals surface area contributed by atoms with Crippen molar-refractivity contribution in [2.24, 2.45) is 5.92 Å². The van der Waals surface area contributed by atoms with Crippen LogP contribution in [-0.4, -0.2) is 37.4 Å². The lowest BCUT2D eigenvalue weighted by atomic mass is 10.1. The van der Waals surface area contributed by atoms with Crippen molar-refractivity contribution >= 4 is 17.4 Å². The van der Waals surface area contributed by atoms with E-state index in [9.17, 15) is 18.9 Å². The number of oxazole rings is 1. The van der Waals surface area contributed by atoms with Gasteiger partial charge in [0.05, 0.1) is 12.2 Å². The molecule has 0 unspecified atom stereocenters. The van der Waals surface area contributed by atoms with Gasteiger partial charge in [0, 0.05) is 31.6 Å². The van der Waals surface area contributed by atoms with Crippen molar-refractivity contribution in [1.82, 2.24) is 19.4 Å². The van der Waals surface area contributed by atoms with Crippen LogP contribution in [0.25, 0.3) is 11.5 Å². The van der Waals surface area contributed by atoms with Crippen molar-refractivity contribution in [1.29, 1.82) is 0 Å². The zero-order valence-electron chi connectivity index (χ0n) is 16.0. The van der Waals surface area contributed by atoms with Gasteiger partial charge in [0.25, 0.3) is 0 Å². The van der Waals surface area contributed by atoms with E-state index in [1.807, 2.05) is 6.92 Å². The number of nitrogens with zero attached hydrogens (tertiary/aromatic N) is 5. The second-order valence-corrected chi connectivity index (χ2v) is 7.72. The van der Waals surface area contributed by atoms with Crippen LogP contribution in [0.5, 0.6) is 0 Å². The first kappa shape index (κ1) is 20.4. The topological polar surface area (TPSA) is 90.2 Å². The maximum absolute atomic E-state index is 13.5. The fraction of sp³-hybridized carbons (Fsp3) is 0.368. The molecule has 0 N–H and O–H groups in total. The zero-order valence-corrected chi connectivity index (χ0v) is 16.8. The summed E-state index contributed by atoms with van der Waals surface area (Å²) >= 11 is 5.99. The molecule has 0 aliphatic carbocycles. The Morgan fingerprint density at radius 1 is 1.30 bits per heavy atom. The third-order valence-electron chi connectivity index (χ3n) is 4.96. The van der Waals surface area contributed by atoms with E-state index >= 15 is 0 Å². The van der Waals surface area contributed by atoms with Crippen LogP contribution in [0.1, 0.15) is 18.4 Å².